The van der Waals surface area contributed by atoms with Crippen molar-refractivity contribution >= 4 is 28.3 Å². The lowest BCUT2D eigenvalue weighted by atomic mass is 9.88. The molecule has 0 radical (unpaired) electrons. The molecular weight excluding hydrogens is 678 g/mol. The Kier molecular flexibility index (Phi) is 10.1. The van der Waals surface area contributed by atoms with Crippen molar-refractivity contribution in [1.82, 2.24) is 19.7 Å². The van der Waals surface area contributed by atoms with Crippen LogP contribution in [0.2, 0.25) is 0 Å². The Bertz CT molecular complexity index is 2020. The second kappa shape index (κ2) is 14.7. The van der Waals surface area contributed by atoms with Crippen molar-refractivity contribution < 1.29 is 31.9 Å². The number of benzene rings is 3. The molecule has 7 rings (SSSR count). The summed E-state index contributed by atoms with van der Waals surface area (Å²) in [5.41, 5.74) is 3.00. The number of rotatable bonds is 8. The van der Waals surface area contributed by atoms with E-state index in [9.17, 15) is 31.9 Å². The van der Waals surface area contributed by atoms with E-state index in [1.165, 1.54) is 40.6 Å². The number of piperidine rings is 3. The minimum absolute atomic E-state index is 0.235. The number of aromatic nitrogens is 1. The molecule has 4 aromatic rings. The second-order valence-electron chi connectivity index (χ2n) is 14.1. The van der Waals surface area contributed by atoms with Gasteiger partial charge in [0, 0.05) is 54.5 Å². The first-order valence-corrected chi connectivity index (χ1v) is 17.7. The number of hydrogen-bond donors (Lipinski definition) is 2. The van der Waals surface area contributed by atoms with Gasteiger partial charge in [0.1, 0.15) is 17.6 Å². The highest BCUT2D eigenvalue weighted by Gasteiger charge is 2.34. The summed E-state index contributed by atoms with van der Waals surface area (Å²) in [6, 6.07) is 16.6. The minimum atomic E-state index is -4.90. The number of halogens is 4. The zero-order valence-electron chi connectivity index (χ0n) is 28.8. The van der Waals surface area contributed by atoms with Crippen LogP contribution in [-0.2, 0) is 23.2 Å². The van der Waals surface area contributed by atoms with Gasteiger partial charge in [-0.25, -0.2) is 4.39 Å². The Morgan fingerprint density at radius 1 is 0.865 bits per heavy atom. The molecule has 0 aliphatic carbocycles. The molecule has 2 N–H and O–H groups in total. The summed E-state index contributed by atoms with van der Waals surface area (Å²) in [4.78, 5) is 40.9. The number of imide groups is 1. The van der Waals surface area contributed by atoms with Gasteiger partial charge in [0.2, 0.25) is 11.8 Å². The standard InChI is InChI=1S/C39H41F4N5O4/c1-46-23-33(32-21-28(40)6-9-31(32)38(46)51)26-2-3-27(35(20-26)52-39(41,42)43)22-47-16-14-30(15-17-47)48-18-12-25(13-19-48)24-4-7-29(8-5-24)44-34-10-11-36(49)45-37(34)50/h2-9,20-21,23,25,30,34,44H,10-19,22H2,1H3,(H,45,49,50). The normalized spacial score (nSPS) is 19.9. The number of carbonyl (C=O) groups excluding carboxylic acids is 2. The van der Waals surface area contributed by atoms with Gasteiger partial charge in [0.15, 0.2) is 0 Å². The van der Waals surface area contributed by atoms with Crippen LogP contribution in [0.3, 0.4) is 0 Å². The smallest absolute Gasteiger partial charge is 0.405 e. The summed E-state index contributed by atoms with van der Waals surface area (Å²) < 4.78 is 60.9. The SMILES string of the molecule is Cn1cc(-c2ccc(CN3CCC(N4CCC(c5ccc(NC6CCC(=O)NC6=O)cc5)CC4)CC3)c(OC(F)(F)F)c2)c2cc(F)ccc2c1=O. The molecule has 1 aromatic heterocycles. The summed E-state index contributed by atoms with van der Waals surface area (Å²) in [6.07, 6.45) is 1.29. The van der Waals surface area contributed by atoms with Crippen LogP contribution in [0.5, 0.6) is 5.75 Å². The van der Waals surface area contributed by atoms with Crippen LogP contribution in [-0.4, -0.2) is 70.8 Å². The van der Waals surface area contributed by atoms with Gasteiger partial charge in [-0.1, -0.05) is 24.3 Å². The van der Waals surface area contributed by atoms with Crippen molar-refractivity contribution in [2.24, 2.45) is 7.05 Å². The van der Waals surface area contributed by atoms with E-state index in [-0.39, 0.29) is 35.1 Å². The van der Waals surface area contributed by atoms with E-state index in [1.54, 1.807) is 19.2 Å². The van der Waals surface area contributed by atoms with E-state index in [0.29, 0.717) is 46.9 Å². The Morgan fingerprint density at radius 2 is 1.60 bits per heavy atom. The maximum atomic E-state index is 14.2. The number of fused-ring (bicyclic) bond motifs is 1. The van der Waals surface area contributed by atoms with E-state index in [0.717, 1.165) is 57.5 Å². The number of nitrogens with zero attached hydrogens (tertiary/aromatic N) is 3. The topological polar surface area (TPSA) is 95.9 Å². The Hall–Kier alpha value is -4.75. The van der Waals surface area contributed by atoms with Gasteiger partial charge in [0.05, 0.1) is 0 Å². The molecule has 1 unspecified atom stereocenters. The predicted octanol–water partition coefficient (Wildman–Crippen LogP) is 6.30. The highest BCUT2D eigenvalue weighted by Crippen LogP contribution is 2.36. The molecule has 0 saturated carbocycles. The maximum absolute atomic E-state index is 14.2. The highest BCUT2D eigenvalue weighted by atomic mass is 19.4. The van der Waals surface area contributed by atoms with Crippen molar-refractivity contribution in [2.75, 3.05) is 31.5 Å². The van der Waals surface area contributed by atoms with Gasteiger partial charge in [-0.05, 0) is 117 Å². The van der Waals surface area contributed by atoms with Crippen LogP contribution in [0.4, 0.5) is 23.2 Å². The summed E-state index contributed by atoms with van der Waals surface area (Å²) in [6.45, 7) is 3.71. The number of anilines is 1. The summed E-state index contributed by atoms with van der Waals surface area (Å²) in [5.74, 6) is -0.950. The second-order valence-corrected chi connectivity index (χ2v) is 14.1. The molecule has 0 spiro atoms. The number of amides is 2. The van der Waals surface area contributed by atoms with Crippen LogP contribution in [0.25, 0.3) is 21.9 Å². The van der Waals surface area contributed by atoms with Gasteiger partial charge in [-0.15, -0.1) is 13.2 Å². The van der Waals surface area contributed by atoms with E-state index in [2.05, 4.69) is 37.3 Å². The fourth-order valence-corrected chi connectivity index (χ4v) is 7.91. The van der Waals surface area contributed by atoms with Gasteiger partial charge in [0.25, 0.3) is 5.56 Å². The van der Waals surface area contributed by atoms with E-state index in [4.69, 9.17) is 0 Å². The lowest BCUT2D eigenvalue weighted by Crippen LogP contribution is -2.47. The number of nitrogens with one attached hydrogen (secondary N) is 2. The quantitative estimate of drug-likeness (QED) is 0.163. The minimum Gasteiger partial charge on any atom is -0.405 e. The van der Waals surface area contributed by atoms with E-state index in [1.807, 2.05) is 12.1 Å². The van der Waals surface area contributed by atoms with Crippen LogP contribution < -0.4 is 20.9 Å². The number of carbonyl (C=O) groups is 2. The summed E-state index contributed by atoms with van der Waals surface area (Å²) in [5, 5.41) is 6.19. The van der Waals surface area contributed by atoms with Gasteiger partial charge < -0.3 is 19.5 Å². The third-order valence-corrected chi connectivity index (χ3v) is 10.7. The van der Waals surface area contributed by atoms with E-state index >= 15 is 0 Å². The number of pyridine rings is 1. The first-order valence-electron chi connectivity index (χ1n) is 17.7. The molecule has 3 saturated heterocycles. The molecule has 3 aliphatic heterocycles. The summed E-state index contributed by atoms with van der Waals surface area (Å²) >= 11 is 0. The lowest BCUT2D eigenvalue weighted by molar-refractivity contribution is -0.275. The molecule has 0 bridgehead atoms. The zero-order chi connectivity index (χ0) is 36.6. The van der Waals surface area contributed by atoms with Gasteiger partial charge >= 0.3 is 6.36 Å². The predicted molar refractivity (Wildman–Crippen MR) is 189 cm³/mol. The van der Waals surface area contributed by atoms with Crippen LogP contribution in [0, 0.1) is 5.82 Å². The molecule has 4 heterocycles. The highest BCUT2D eigenvalue weighted by molar-refractivity contribution is 6.01. The van der Waals surface area contributed by atoms with Gasteiger partial charge in [-0.2, -0.15) is 0 Å². The molecule has 9 nitrogen and oxygen atoms in total. The number of ether oxygens (including phenoxy) is 1. The molecule has 274 valence electrons. The first-order chi connectivity index (χ1) is 24.9. The monoisotopic (exact) mass is 719 g/mol. The van der Waals surface area contributed by atoms with Crippen molar-refractivity contribution in [3.05, 3.63) is 94.2 Å². The van der Waals surface area contributed by atoms with Crippen molar-refractivity contribution in [3.8, 4) is 16.9 Å². The van der Waals surface area contributed by atoms with Crippen LogP contribution in [0.15, 0.2) is 71.7 Å². The average Bonchev–Trinajstić information content (AvgIpc) is 3.12. The Balaban J connectivity index is 0.956. The maximum Gasteiger partial charge on any atom is 0.573 e. The number of hydrogen-bond acceptors (Lipinski definition) is 7. The Labute approximate surface area is 298 Å². The van der Waals surface area contributed by atoms with Gasteiger partial charge in [-0.3, -0.25) is 24.6 Å². The van der Waals surface area contributed by atoms with Crippen molar-refractivity contribution in [2.45, 2.75) is 69.4 Å². The molecule has 52 heavy (non-hydrogen) atoms. The largest absolute Gasteiger partial charge is 0.573 e. The molecule has 3 aromatic carbocycles. The Morgan fingerprint density at radius 3 is 2.29 bits per heavy atom. The molecule has 3 fully saturated rings. The molecule has 3 aliphatic rings. The third-order valence-electron chi connectivity index (χ3n) is 10.7. The van der Waals surface area contributed by atoms with Crippen LogP contribution >= 0.6 is 0 Å². The summed E-state index contributed by atoms with van der Waals surface area (Å²) in [7, 11) is 1.55. The number of alkyl halides is 3. The fraction of sp³-hybridized carbons (Fsp3) is 0.410. The van der Waals surface area contributed by atoms with Crippen molar-refractivity contribution in [3.63, 3.8) is 0 Å². The number of aryl methyl sites for hydroxylation is 1. The molecule has 13 heteroatoms. The fourth-order valence-electron chi connectivity index (χ4n) is 7.91. The van der Waals surface area contributed by atoms with Crippen molar-refractivity contribution in [1.29, 1.82) is 0 Å². The van der Waals surface area contributed by atoms with E-state index < -0.39 is 18.2 Å². The first kappa shape index (κ1) is 35.6. The third kappa shape index (κ3) is 8.00. The number of likely N-dealkylation sites (tertiary alicyclic amines) is 2. The molecular formula is C39H41F4N5O4. The van der Waals surface area contributed by atoms with Crippen LogP contribution in [0.1, 0.15) is 55.6 Å². The zero-order valence-corrected chi connectivity index (χ0v) is 28.8. The lowest BCUT2D eigenvalue weighted by Gasteiger charge is -2.42. The molecule has 1 atom stereocenters. The molecule has 2 amide bonds. The average molecular weight is 720 g/mol.